The molecule has 0 aromatic rings. The van der Waals surface area contributed by atoms with E-state index >= 15 is 0 Å². The maximum absolute atomic E-state index is 3.51. The van der Waals surface area contributed by atoms with Gasteiger partial charge in [-0.3, -0.25) is 0 Å². The molecule has 0 aromatic heterocycles. The van der Waals surface area contributed by atoms with E-state index in [0.717, 1.165) is 11.2 Å². The van der Waals surface area contributed by atoms with Crippen LogP contribution in [0.25, 0.3) is 0 Å². The highest BCUT2D eigenvalue weighted by Crippen LogP contribution is 2.21. The molecular weight excluding hydrogens is 226 g/mol. The number of rotatable bonds is 4. The van der Waals surface area contributed by atoms with Crippen molar-refractivity contribution in [2.24, 2.45) is 5.92 Å². The molecular formula is C11H22BrN. The zero-order valence-electron chi connectivity index (χ0n) is 8.77. The van der Waals surface area contributed by atoms with Gasteiger partial charge in [0.25, 0.3) is 0 Å². The van der Waals surface area contributed by atoms with Gasteiger partial charge in [-0.05, 0) is 38.3 Å². The van der Waals surface area contributed by atoms with Crippen molar-refractivity contribution in [2.45, 2.75) is 39.0 Å². The molecule has 0 spiro atoms. The van der Waals surface area contributed by atoms with Gasteiger partial charge in [0.15, 0.2) is 0 Å². The third kappa shape index (κ3) is 4.46. The fourth-order valence-corrected chi connectivity index (χ4v) is 2.77. The SMILES string of the molecule is CCCC1CCCN(CCBr)CC1. The van der Waals surface area contributed by atoms with Crippen LogP contribution in [0.2, 0.25) is 0 Å². The van der Waals surface area contributed by atoms with Crippen molar-refractivity contribution in [3.05, 3.63) is 0 Å². The highest BCUT2D eigenvalue weighted by Gasteiger charge is 2.15. The third-order valence-electron chi connectivity index (χ3n) is 3.04. The second kappa shape index (κ2) is 6.83. The smallest absolute Gasteiger partial charge is 0.0159 e. The van der Waals surface area contributed by atoms with E-state index in [0.29, 0.717) is 0 Å². The summed E-state index contributed by atoms with van der Waals surface area (Å²) in [6.45, 7) is 6.20. The molecule has 2 heteroatoms. The zero-order chi connectivity index (χ0) is 9.52. The largest absolute Gasteiger partial charge is 0.302 e. The minimum atomic E-state index is 1.02. The Labute approximate surface area is 91.0 Å². The first-order valence-corrected chi connectivity index (χ1v) is 6.77. The fourth-order valence-electron chi connectivity index (χ4n) is 2.26. The highest BCUT2D eigenvalue weighted by molar-refractivity contribution is 9.09. The predicted molar refractivity (Wildman–Crippen MR) is 62.5 cm³/mol. The topological polar surface area (TPSA) is 3.24 Å². The number of nitrogens with zero attached hydrogens (tertiary/aromatic N) is 1. The number of halogens is 1. The van der Waals surface area contributed by atoms with Crippen molar-refractivity contribution in [3.8, 4) is 0 Å². The van der Waals surface area contributed by atoms with E-state index in [-0.39, 0.29) is 0 Å². The number of hydrogen-bond donors (Lipinski definition) is 0. The van der Waals surface area contributed by atoms with Crippen LogP contribution in [0.15, 0.2) is 0 Å². The van der Waals surface area contributed by atoms with Crippen LogP contribution in [-0.4, -0.2) is 29.9 Å². The van der Waals surface area contributed by atoms with Crippen LogP contribution in [0.3, 0.4) is 0 Å². The Morgan fingerprint density at radius 3 is 2.85 bits per heavy atom. The van der Waals surface area contributed by atoms with E-state index in [4.69, 9.17) is 0 Å². The molecule has 0 bridgehead atoms. The minimum absolute atomic E-state index is 1.02. The van der Waals surface area contributed by atoms with Crippen LogP contribution >= 0.6 is 15.9 Å². The minimum Gasteiger partial charge on any atom is -0.302 e. The summed E-state index contributed by atoms with van der Waals surface area (Å²) in [5.74, 6) is 1.02. The molecule has 0 aliphatic carbocycles. The molecule has 78 valence electrons. The van der Waals surface area contributed by atoms with Crippen LogP contribution < -0.4 is 0 Å². The lowest BCUT2D eigenvalue weighted by atomic mass is 9.96. The van der Waals surface area contributed by atoms with Crippen LogP contribution in [0.5, 0.6) is 0 Å². The highest BCUT2D eigenvalue weighted by atomic mass is 79.9. The normalized spacial score (nSPS) is 25.8. The van der Waals surface area contributed by atoms with Gasteiger partial charge in [-0.15, -0.1) is 0 Å². The second-order valence-corrected chi connectivity index (χ2v) is 4.91. The molecule has 1 fully saturated rings. The van der Waals surface area contributed by atoms with Crippen LogP contribution in [0.1, 0.15) is 39.0 Å². The fraction of sp³-hybridized carbons (Fsp3) is 1.00. The van der Waals surface area contributed by atoms with Crippen LogP contribution in [0, 0.1) is 5.92 Å². The number of likely N-dealkylation sites (tertiary alicyclic amines) is 1. The molecule has 0 amide bonds. The lowest BCUT2D eigenvalue weighted by Gasteiger charge is -2.18. The van der Waals surface area contributed by atoms with Gasteiger partial charge in [-0.1, -0.05) is 35.7 Å². The summed E-state index contributed by atoms with van der Waals surface area (Å²) in [5, 5.41) is 1.13. The number of alkyl halides is 1. The van der Waals surface area contributed by atoms with Gasteiger partial charge in [-0.2, -0.15) is 0 Å². The van der Waals surface area contributed by atoms with E-state index < -0.39 is 0 Å². The van der Waals surface area contributed by atoms with Gasteiger partial charge in [-0.25, -0.2) is 0 Å². The Morgan fingerprint density at radius 2 is 2.15 bits per heavy atom. The predicted octanol–water partition coefficient (Wildman–Crippen LogP) is 3.28. The first kappa shape index (κ1) is 11.5. The molecule has 1 rings (SSSR count). The van der Waals surface area contributed by atoms with Gasteiger partial charge >= 0.3 is 0 Å². The van der Waals surface area contributed by atoms with E-state index in [1.54, 1.807) is 0 Å². The van der Waals surface area contributed by atoms with Crippen molar-refractivity contribution >= 4 is 15.9 Å². The van der Waals surface area contributed by atoms with Gasteiger partial charge in [0.1, 0.15) is 0 Å². The molecule has 1 unspecified atom stereocenters. The van der Waals surface area contributed by atoms with Crippen molar-refractivity contribution in [1.29, 1.82) is 0 Å². The van der Waals surface area contributed by atoms with Gasteiger partial charge in [0, 0.05) is 11.9 Å². The van der Waals surface area contributed by atoms with Crippen LogP contribution in [0.4, 0.5) is 0 Å². The van der Waals surface area contributed by atoms with Crippen LogP contribution in [-0.2, 0) is 0 Å². The average Bonchev–Trinajstić information content (AvgIpc) is 2.33. The quantitative estimate of drug-likeness (QED) is 0.690. The van der Waals surface area contributed by atoms with Gasteiger partial charge in [0.2, 0.25) is 0 Å². The molecule has 0 N–H and O–H groups in total. The van der Waals surface area contributed by atoms with Crippen molar-refractivity contribution in [1.82, 2.24) is 4.90 Å². The monoisotopic (exact) mass is 247 g/mol. The maximum Gasteiger partial charge on any atom is 0.0159 e. The molecule has 1 heterocycles. The molecule has 1 aliphatic heterocycles. The summed E-state index contributed by atoms with van der Waals surface area (Å²) in [5.41, 5.74) is 0. The molecule has 0 aromatic carbocycles. The maximum atomic E-state index is 3.51. The summed E-state index contributed by atoms with van der Waals surface area (Å²) in [6.07, 6.45) is 7.12. The van der Waals surface area contributed by atoms with E-state index in [2.05, 4.69) is 27.8 Å². The Hall–Kier alpha value is 0.440. The molecule has 0 radical (unpaired) electrons. The van der Waals surface area contributed by atoms with Crippen molar-refractivity contribution < 1.29 is 0 Å². The summed E-state index contributed by atoms with van der Waals surface area (Å²) < 4.78 is 0. The molecule has 1 aliphatic rings. The summed E-state index contributed by atoms with van der Waals surface area (Å²) in [7, 11) is 0. The van der Waals surface area contributed by atoms with E-state index in [1.807, 2.05) is 0 Å². The molecule has 1 saturated heterocycles. The Balaban J connectivity index is 2.22. The Morgan fingerprint density at radius 1 is 1.31 bits per heavy atom. The average molecular weight is 248 g/mol. The lowest BCUT2D eigenvalue weighted by molar-refractivity contribution is 0.297. The standard InChI is InChI=1S/C11H22BrN/c1-2-4-11-5-3-8-13(9-6-11)10-7-12/h11H,2-10H2,1H3. The third-order valence-corrected chi connectivity index (χ3v) is 3.39. The van der Waals surface area contributed by atoms with Crippen molar-refractivity contribution in [2.75, 3.05) is 25.0 Å². The van der Waals surface area contributed by atoms with Gasteiger partial charge < -0.3 is 4.90 Å². The molecule has 13 heavy (non-hydrogen) atoms. The van der Waals surface area contributed by atoms with E-state index in [9.17, 15) is 0 Å². The summed E-state index contributed by atoms with van der Waals surface area (Å²) >= 11 is 3.51. The first-order chi connectivity index (χ1) is 6.36. The first-order valence-electron chi connectivity index (χ1n) is 5.65. The van der Waals surface area contributed by atoms with Gasteiger partial charge in [0.05, 0.1) is 0 Å². The molecule has 1 nitrogen and oxygen atoms in total. The Bertz CT molecular complexity index is 113. The van der Waals surface area contributed by atoms with E-state index in [1.165, 1.54) is 51.7 Å². The summed E-state index contributed by atoms with van der Waals surface area (Å²) in [6, 6.07) is 0. The Kier molecular flexibility index (Phi) is 6.05. The summed E-state index contributed by atoms with van der Waals surface area (Å²) in [4.78, 5) is 2.60. The van der Waals surface area contributed by atoms with Crippen molar-refractivity contribution in [3.63, 3.8) is 0 Å². The molecule has 0 saturated carbocycles. The zero-order valence-corrected chi connectivity index (χ0v) is 10.4. The number of hydrogen-bond acceptors (Lipinski definition) is 1. The molecule has 1 atom stereocenters. The lowest BCUT2D eigenvalue weighted by Crippen LogP contribution is -2.26. The second-order valence-electron chi connectivity index (χ2n) is 4.12.